The summed E-state index contributed by atoms with van der Waals surface area (Å²) in [6.07, 6.45) is 0. The average Bonchev–Trinajstić information content (AvgIpc) is 2.79. The van der Waals surface area contributed by atoms with Crippen molar-refractivity contribution in [1.29, 1.82) is 0 Å². The first-order chi connectivity index (χ1) is 7.65. The summed E-state index contributed by atoms with van der Waals surface area (Å²) in [5.41, 5.74) is 0.869. The first-order valence-electron chi connectivity index (χ1n) is 5.04. The van der Waals surface area contributed by atoms with E-state index in [1.165, 1.54) is 18.4 Å². The quantitative estimate of drug-likeness (QED) is 0.633. The van der Waals surface area contributed by atoms with Gasteiger partial charge in [0.1, 0.15) is 7.11 Å². The van der Waals surface area contributed by atoms with Gasteiger partial charge in [0.2, 0.25) is 0 Å². The molecule has 1 rings (SSSR count). The Labute approximate surface area is 99.3 Å². The van der Waals surface area contributed by atoms with Crippen molar-refractivity contribution in [1.82, 2.24) is 5.32 Å². The highest BCUT2D eigenvalue weighted by Crippen LogP contribution is 2.08. The van der Waals surface area contributed by atoms with Crippen LogP contribution in [0.2, 0.25) is 0 Å². The number of carbonyl (C=O) groups excluding carboxylic acids is 1. The van der Waals surface area contributed by atoms with Gasteiger partial charge in [-0.05, 0) is 18.4 Å². The minimum atomic E-state index is -0.0351. The Bertz CT molecular complexity index is 360. The fraction of sp³-hybridized carbons (Fsp3) is 0.455. The van der Waals surface area contributed by atoms with E-state index in [0.29, 0.717) is 6.54 Å². The largest absolute Gasteiger partial charge is 0.399 e. The Kier molecular flexibility index (Phi) is 4.98. The molecule has 0 aliphatic rings. The first-order valence-corrected chi connectivity index (χ1v) is 5.92. The monoisotopic (exact) mass is 240 g/mol. The van der Waals surface area contributed by atoms with Gasteiger partial charge >= 0.3 is 0 Å². The number of thiophene rings is 1. The third kappa shape index (κ3) is 3.66. The Morgan fingerprint density at radius 1 is 1.69 bits per heavy atom. The maximum absolute atomic E-state index is 11.6. The molecule has 0 aliphatic carbocycles. The highest BCUT2D eigenvalue weighted by molar-refractivity contribution is 7.12. The van der Waals surface area contributed by atoms with Gasteiger partial charge in [0.15, 0.2) is 0 Å². The number of hydrogen-bond acceptors (Lipinski definition) is 4. The molecule has 0 bridgehead atoms. The minimum absolute atomic E-state index is 0.0351. The van der Waals surface area contributed by atoms with Crippen molar-refractivity contribution < 1.29 is 9.63 Å². The molecule has 1 heterocycles. The van der Waals surface area contributed by atoms with Crippen molar-refractivity contribution in [2.75, 3.05) is 13.7 Å². The van der Waals surface area contributed by atoms with Crippen LogP contribution in [-0.2, 0) is 4.84 Å². The summed E-state index contributed by atoms with van der Waals surface area (Å²) < 4.78 is 0. The molecule has 0 fully saturated rings. The molecule has 0 aliphatic heterocycles. The molecule has 1 amide bonds. The molecular formula is C11H16N2O2S. The molecule has 1 atom stereocenters. The van der Waals surface area contributed by atoms with E-state index < -0.39 is 0 Å². The zero-order chi connectivity index (χ0) is 12.0. The highest BCUT2D eigenvalue weighted by atomic mass is 32.1. The van der Waals surface area contributed by atoms with E-state index in [1.807, 2.05) is 25.3 Å². The number of nitrogens with zero attached hydrogens (tertiary/aromatic N) is 1. The lowest BCUT2D eigenvalue weighted by molar-refractivity contribution is 0.0955. The van der Waals surface area contributed by atoms with Crippen LogP contribution in [0.5, 0.6) is 0 Å². The summed E-state index contributed by atoms with van der Waals surface area (Å²) in [5, 5.41) is 8.58. The van der Waals surface area contributed by atoms with E-state index in [0.717, 1.165) is 10.6 Å². The molecule has 4 nitrogen and oxygen atoms in total. The highest BCUT2D eigenvalue weighted by Gasteiger charge is 2.10. The Hall–Kier alpha value is -1.36. The lowest BCUT2D eigenvalue weighted by Gasteiger charge is -2.11. The van der Waals surface area contributed by atoms with Gasteiger partial charge in [-0.2, -0.15) is 0 Å². The third-order valence-electron chi connectivity index (χ3n) is 2.26. The first kappa shape index (κ1) is 12.7. The van der Waals surface area contributed by atoms with Crippen molar-refractivity contribution in [2.24, 2.45) is 11.1 Å². The van der Waals surface area contributed by atoms with Gasteiger partial charge in [-0.1, -0.05) is 18.1 Å². The second-order valence-corrected chi connectivity index (χ2v) is 4.45. The summed E-state index contributed by atoms with van der Waals surface area (Å²) in [5.74, 6) is 0.135. The number of carbonyl (C=O) groups is 1. The molecule has 0 aromatic carbocycles. The standard InChI is InChI=1S/C11H16N2O2S/c1-8(9(2)13-15-3)7-12-11(14)10-5-4-6-16-10/h4-6,8H,7H2,1-3H3,(H,12,14)/b13-9+. The SMILES string of the molecule is CO/N=C(\C)C(C)CNC(=O)c1cccs1. The smallest absolute Gasteiger partial charge is 0.261 e. The second kappa shape index (κ2) is 6.27. The molecule has 0 spiro atoms. The Morgan fingerprint density at radius 3 is 3.00 bits per heavy atom. The van der Waals surface area contributed by atoms with Gasteiger partial charge < -0.3 is 10.2 Å². The molecule has 1 N–H and O–H groups in total. The van der Waals surface area contributed by atoms with Crippen LogP contribution in [0.3, 0.4) is 0 Å². The number of oxime groups is 1. The zero-order valence-corrected chi connectivity index (χ0v) is 10.5. The van der Waals surface area contributed by atoms with Gasteiger partial charge in [0.05, 0.1) is 10.6 Å². The summed E-state index contributed by atoms with van der Waals surface area (Å²) in [6, 6.07) is 3.67. The topological polar surface area (TPSA) is 50.7 Å². The molecule has 0 radical (unpaired) electrons. The molecule has 16 heavy (non-hydrogen) atoms. The average molecular weight is 240 g/mol. The fourth-order valence-electron chi connectivity index (χ4n) is 1.12. The molecule has 5 heteroatoms. The van der Waals surface area contributed by atoms with Crippen LogP contribution >= 0.6 is 11.3 Å². The van der Waals surface area contributed by atoms with Gasteiger partial charge in [0, 0.05) is 12.5 Å². The van der Waals surface area contributed by atoms with Crippen molar-refractivity contribution in [2.45, 2.75) is 13.8 Å². The lowest BCUT2D eigenvalue weighted by Crippen LogP contribution is -2.30. The van der Waals surface area contributed by atoms with Gasteiger partial charge in [-0.3, -0.25) is 4.79 Å². The van der Waals surface area contributed by atoms with E-state index in [4.69, 9.17) is 0 Å². The molecule has 1 aromatic heterocycles. The van der Waals surface area contributed by atoms with Crippen molar-refractivity contribution in [3.05, 3.63) is 22.4 Å². The molecule has 88 valence electrons. The number of nitrogens with one attached hydrogen (secondary N) is 1. The van der Waals surface area contributed by atoms with E-state index in [9.17, 15) is 4.79 Å². The number of rotatable bonds is 5. The fourth-order valence-corrected chi connectivity index (χ4v) is 1.76. The van der Waals surface area contributed by atoms with E-state index in [1.54, 1.807) is 6.07 Å². The Balaban J connectivity index is 2.40. The predicted molar refractivity (Wildman–Crippen MR) is 65.9 cm³/mol. The van der Waals surface area contributed by atoms with Gasteiger partial charge in [-0.15, -0.1) is 11.3 Å². The van der Waals surface area contributed by atoms with Crippen LogP contribution in [0.4, 0.5) is 0 Å². The van der Waals surface area contributed by atoms with Crippen LogP contribution < -0.4 is 5.32 Å². The van der Waals surface area contributed by atoms with Crippen LogP contribution in [0.25, 0.3) is 0 Å². The van der Waals surface area contributed by atoms with Gasteiger partial charge in [0.25, 0.3) is 5.91 Å². The van der Waals surface area contributed by atoms with Crippen LogP contribution in [0.15, 0.2) is 22.7 Å². The normalized spacial score (nSPS) is 13.3. The van der Waals surface area contributed by atoms with Crippen LogP contribution in [-0.4, -0.2) is 25.3 Å². The van der Waals surface area contributed by atoms with Crippen molar-refractivity contribution in [3.63, 3.8) is 0 Å². The summed E-state index contributed by atoms with van der Waals surface area (Å²) >= 11 is 1.43. The third-order valence-corrected chi connectivity index (χ3v) is 3.13. The molecule has 0 saturated heterocycles. The number of amides is 1. The lowest BCUT2D eigenvalue weighted by atomic mass is 10.1. The number of hydrogen-bond donors (Lipinski definition) is 1. The van der Waals surface area contributed by atoms with Crippen LogP contribution in [0, 0.1) is 5.92 Å². The van der Waals surface area contributed by atoms with E-state index >= 15 is 0 Å². The molecular weight excluding hydrogens is 224 g/mol. The molecule has 0 saturated carbocycles. The second-order valence-electron chi connectivity index (χ2n) is 3.50. The van der Waals surface area contributed by atoms with E-state index in [2.05, 4.69) is 15.3 Å². The van der Waals surface area contributed by atoms with Crippen LogP contribution in [0.1, 0.15) is 23.5 Å². The van der Waals surface area contributed by atoms with E-state index in [-0.39, 0.29) is 11.8 Å². The molecule has 1 unspecified atom stereocenters. The van der Waals surface area contributed by atoms with Gasteiger partial charge in [-0.25, -0.2) is 0 Å². The predicted octanol–water partition coefficient (Wildman–Crippen LogP) is 2.14. The molecule has 1 aromatic rings. The summed E-state index contributed by atoms with van der Waals surface area (Å²) in [4.78, 5) is 17.0. The van der Waals surface area contributed by atoms with Crippen molar-refractivity contribution >= 4 is 23.0 Å². The zero-order valence-electron chi connectivity index (χ0n) is 9.69. The van der Waals surface area contributed by atoms with Crippen molar-refractivity contribution in [3.8, 4) is 0 Å². The minimum Gasteiger partial charge on any atom is -0.399 e. The Morgan fingerprint density at radius 2 is 2.44 bits per heavy atom. The maximum Gasteiger partial charge on any atom is 0.261 e. The summed E-state index contributed by atoms with van der Waals surface area (Å²) in [7, 11) is 1.51. The maximum atomic E-state index is 11.6. The summed E-state index contributed by atoms with van der Waals surface area (Å²) in [6.45, 7) is 4.44.